The van der Waals surface area contributed by atoms with Gasteiger partial charge in [0.25, 0.3) is 5.91 Å². The number of anilines is 1. The van der Waals surface area contributed by atoms with Crippen molar-refractivity contribution in [1.29, 1.82) is 0 Å². The molecule has 26 heavy (non-hydrogen) atoms. The molecule has 0 spiro atoms. The highest BCUT2D eigenvalue weighted by atomic mass is 16.5. The van der Waals surface area contributed by atoms with Crippen LogP contribution in [0.3, 0.4) is 0 Å². The van der Waals surface area contributed by atoms with Crippen molar-refractivity contribution in [3.63, 3.8) is 0 Å². The first-order valence-corrected chi connectivity index (χ1v) is 8.50. The number of benzene rings is 2. The maximum Gasteiger partial charge on any atom is 0.255 e. The van der Waals surface area contributed by atoms with Crippen molar-refractivity contribution in [1.82, 2.24) is 10.3 Å². The summed E-state index contributed by atoms with van der Waals surface area (Å²) in [5, 5.41) is 2.85. The first-order chi connectivity index (χ1) is 12.7. The number of carbonyl (C=O) groups is 1. The van der Waals surface area contributed by atoms with Gasteiger partial charge in [-0.05, 0) is 53.9 Å². The molecule has 2 aromatic carbocycles. The largest absolute Gasteiger partial charge is 0.457 e. The highest BCUT2D eigenvalue weighted by molar-refractivity contribution is 5.98. The van der Waals surface area contributed by atoms with Crippen LogP contribution in [0.15, 0.2) is 66.9 Å². The van der Waals surface area contributed by atoms with Gasteiger partial charge in [0.05, 0.1) is 5.56 Å². The van der Waals surface area contributed by atoms with E-state index in [4.69, 9.17) is 10.5 Å². The number of nitrogen functional groups attached to an aromatic ring is 1. The number of nitrogens with one attached hydrogen (secondary N) is 1. The average Bonchev–Trinajstić information content (AvgIpc) is 2.67. The predicted molar refractivity (Wildman–Crippen MR) is 102 cm³/mol. The van der Waals surface area contributed by atoms with Gasteiger partial charge in [0.2, 0.25) is 0 Å². The third-order valence-electron chi connectivity index (χ3n) is 4.00. The normalized spacial score (nSPS) is 10.3. The van der Waals surface area contributed by atoms with Crippen molar-refractivity contribution in [2.45, 2.75) is 19.9 Å². The molecule has 0 aliphatic rings. The van der Waals surface area contributed by atoms with Crippen LogP contribution in [-0.4, -0.2) is 10.9 Å². The molecule has 0 fully saturated rings. The summed E-state index contributed by atoms with van der Waals surface area (Å²) in [6.07, 6.45) is 2.55. The molecule has 3 aromatic rings. The molecule has 0 saturated carbocycles. The van der Waals surface area contributed by atoms with Crippen molar-refractivity contribution < 1.29 is 9.53 Å². The Balaban J connectivity index is 1.63. The van der Waals surface area contributed by atoms with Crippen molar-refractivity contribution in [2.24, 2.45) is 0 Å². The molecule has 3 N–H and O–H groups in total. The molecule has 132 valence electrons. The van der Waals surface area contributed by atoms with E-state index >= 15 is 0 Å². The Labute approximate surface area is 152 Å². The number of carbonyl (C=O) groups excluding carboxylic acids is 1. The van der Waals surface area contributed by atoms with E-state index in [0.29, 0.717) is 12.1 Å². The lowest BCUT2D eigenvalue weighted by Gasteiger charge is -2.10. The van der Waals surface area contributed by atoms with Crippen molar-refractivity contribution in [2.75, 3.05) is 5.73 Å². The molecule has 1 aromatic heterocycles. The van der Waals surface area contributed by atoms with E-state index in [1.165, 1.54) is 5.56 Å². The fourth-order valence-electron chi connectivity index (χ4n) is 2.54. The maximum atomic E-state index is 12.2. The summed E-state index contributed by atoms with van der Waals surface area (Å²) in [6.45, 7) is 2.49. The molecule has 0 atom stereocenters. The van der Waals surface area contributed by atoms with E-state index < -0.39 is 0 Å². The lowest BCUT2D eigenvalue weighted by Crippen LogP contribution is -2.24. The molecular weight excluding hydrogens is 326 g/mol. The fourth-order valence-corrected chi connectivity index (χ4v) is 2.54. The lowest BCUT2D eigenvalue weighted by atomic mass is 10.1. The fraction of sp³-hybridized carbons (Fsp3) is 0.143. The molecule has 5 nitrogen and oxygen atoms in total. The zero-order valence-electron chi connectivity index (χ0n) is 14.6. The minimum atomic E-state index is -0.253. The van der Waals surface area contributed by atoms with Gasteiger partial charge < -0.3 is 15.8 Å². The Hall–Kier alpha value is -3.34. The molecule has 1 amide bonds. The molecule has 3 rings (SSSR count). The molecule has 0 radical (unpaired) electrons. The van der Waals surface area contributed by atoms with Gasteiger partial charge in [-0.15, -0.1) is 0 Å². The number of hydrogen-bond donors (Lipinski definition) is 2. The van der Waals surface area contributed by atoms with Crippen LogP contribution in [0.4, 0.5) is 5.82 Å². The Kier molecular flexibility index (Phi) is 5.49. The quantitative estimate of drug-likeness (QED) is 0.708. The molecule has 0 unspecified atom stereocenters. The second-order valence-electron chi connectivity index (χ2n) is 5.87. The minimum Gasteiger partial charge on any atom is -0.457 e. The molecule has 0 saturated heterocycles. The van der Waals surface area contributed by atoms with Gasteiger partial charge in [0, 0.05) is 12.7 Å². The van der Waals surface area contributed by atoms with Gasteiger partial charge in [0.15, 0.2) is 0 Å². The van der Waals surface area contributed by atoms with Gasteiger partial charge in [0.1, 0.15) is 17.3 Å². The second-order valence-corrected chi connectivity index (χ2v) is 5.87. The average molecular weight is 347 g/mol. The standard InChI is InChI=1S/C21H21N3O2/c1-2-15-8-10-17(11-9-15)26-18-6-3-5-16(13-18)14-24-21(25)19-7-4-12-23-20(19)22/h3-13H,2,14H2,1H3,(H2,22,23)(H,24,25). The number of aryl methyl sites for hydroxylation is 1. The third-order valence-corrected chi connectivity index (χ3v) is 4.00. The number of hydrogen-bond acceptors (Lipinski definition) is 4. The van der Waals surface area contributed by atoms with E-state index in [-0.39, 0.29) is 11.7 Å². The van der Waals surface area contributed by atoms with Gasteiger partial charge in [-0.3, -0.25) is 4.79 Å². The zero-order valence-corrected chi connectivity index (χ0v) is 14.6. The van der Waals surface area contributed by atoms with E-state index in [0.717, 1.165) is 23.5 Å². The van der Waals surface area contributed by atoms with Crippen LogP contribution in [0.25, 0.3) is 0 Å². The van der Waals surface area contributed by atoms with Crippen LogP contribution >= 0.6 is 0 Å². The number of nitrogens with zero attached hydrogens (tertiary/aromatic N) is 1. The van der Waals surface area contributed by atoms with Crippen molar-refractivity contribution in [3.8, 4) is 11.5 Å². The zero-order chi connectivity index (χ0) is 18.4. The van der Waals surface area contributed by atoms with E-state index in [2.05, 4.69) is 29.4 Å². The van der Waals surface area contributed by atoms with Gasteiger partial charge in [-0.1, -0.05) is 31.2 Å². The van der Waals surface area contributed by atoms with E-state index in [1.54, 1.807) is 18.3 Å². The van der Waals surface area contributed by atoms with E-state index in [1.807, 2.05) is 36.4 Å². The molecule has 0 aliphatic heterocycles. The van der Waals surface area contributed by atoms with Crippen LogP contribution in [0.1, 0.15) is 28.4 Å². The number of nitrogens with two attached hydrogens (primary N) is 1. The number of rotatable bonds is 6. The first-order valence-electron chi connectivity index (χ1n) is 8.50. The highest BCUT2D eigenvalue weighted by Gasteiger charge is 2.09. The molecular formula is C21H21N3O2. The summed E-state index contributed by atoms with van der Waals surface area (Å²) >= 11 is 0. The topological polar surface area (TPSA) is 77.2 Å². The second kappa shape index (κ2) is 8.16. The molecule has 0 aliphatic carbocycles. The van der Waals surface area contributed by atoms with Crippen LogP contribution < -0.4 is 15.8 Å². The minimum absolute atomic E-state index is 0.220. The Morgan fingerprint density at radius 3 is 2.58 bits per heavy atom. The van der Waals surface area contributed by atoms with Crippen molar-refractivity contribution >= 4 is 11.7 Å². The highest BCUT2D eigenvalue weighted by Crippen LogP contribution is 2.23. The Morgan fingerprint density at radius 2 is 1.85 bits per heavy atom. The first kappa shape index (κ1) is 17.5. The van der Waals surface area contributed by atoms with Gasteiger partial charge in [-0.2, -0.15) is 0 Å². The summed E-state index contributed by atoms with van der Waals surface area (Å²) in [5.74, 6) is 1.48. The summed E-state index contributed by atoms with van der Waals surface area (Å²) in [6, 6.07) is 19.0. The Bertz CT molecular complexity index is 892. The summed E-state index contributed by atoms with van der Waals surface area (Å²) in [4.78, 5) is 16.1. The summed E-state index contributed by atoms with van der Waals surface area (Å²) < 4.78 is 5.89. The third kappa shape index (κ3) is 4.39. The number of pyridine rings is 1. The van der Waals surface area contributed by atoms with E-state index in [9.17, 15) is 4.79 Å². The van der Waals surface area contributed by atoms with Gasteiger partial charge in [-0.25, -0.2) is 4.98 Å². The maximum absolute atomic E-state index is 12.2. The van der Waals surface area contributed by atoms with Crippen LogP contribution in [0.2, 0.25) is 0 Å². The lowest BCUT2D eigenvalue weighted by molar-refractivity contribution is 0.0951. The number of amides is 1. The SMILES string of the molecule is CCc1ccc(Oc2cccc(CNC(=O)c3cccnc3N)c2)cc1. The number of ether oxygens (including phenoxy) is 1. The summed E-state index contributed by atoms with van der Waals surface area (Å²) in [5.41, 5.74) is 8.30. The van der Waals surface area contributed by atoms with Crippen LogP contribution in [0.5, 0.6) is 11.5 Å². The molecule has 0 bridgehead atoms. The summed E-state index contributed by atoms with van der Waals surface area (Å²) in [7, 11) is 0. The molecule has 5 heteroatoms. The van der Waals surface area contributed by atoms with Crippen LogP contribution in [-0.2, 0) is 13.0 Å². The van der Waals surface area contributed by atoms with Crippen molar-refractivity contribution in [3.05, 3.63) is 83.6 Å². The monoisotopic (exact) mass is 347 g/mol. The van der Waals surface area contributed by atoms with Gasteiger partial charge >= 0.3 is 0 Å². The number of aromatic nitrogens is 1. The molecule has 1 heterocycles. The predicted octanol–water partition coefficient (Wildman–Crippen LogP) is 3.95. The smallest absolute Gasteiger partial charge is 0.255 e. The Morgan fingerprint density at radius 1 is 1.04 bits per heavy atom. The van der Waals surface area contributed by atoms with Crippen LogP contribution in [0, 0.1) is 0 Å².